The second-order valence-electron chi connectivity index (χ2n) is 6.39. The van der Waals surface area contributed by atoms with E-state index in [-0.39, 0.29) is 30.0 Å². The number of likely N-dealkylation sites (N-methyl/N-ethyl adjacent to an activating group) is 1. The Morgan fingerprint density at radius 2 is 1.79 bits per heavy atom. The van der Waals surface area contributed by atoms with Crippen LogP contribution in [0.4, 0.5) is 4.39 Å². The SMILES string of the molecule is CCN(CC)CCNC(=O)C(c1ccc(F)cc1)C1CCCC1.Cl. The van der Waals surface area contributed by atoms with E-state index >= 15 is 0 Å². The normalized spacial score (nSPS) is 16.0. The lowest BCUT2D eigenvalue weighted by Crippen LogP contribution is -2.38. The summed E-state index contributed by atoms with van der Waals surface area (Å²) < 4.78 is 13.2. The first kappa shape index (κ1) is 20.9. The maximum atomic E-state index is 13.2. The molecule has 1 saturated carbocycles. The Balaban J connectivity index is 0.00000288. The van der Waals surface area contributed by atoms with E-state index in [1.165, 1.54) is 25.0 Å². The Bertz CT molecular complexity index is 485. The average molecular weight is 357 g/mol. The lowest BCUT2D eigenvalue weighted by Gasteiger charge is -2.24. The summed E-state index contributed by atoms with van der Waals surface area (Å²) in [5.74, 6) is 0.0836. The number of rotatable bonds is 8. The molecule has 136 valence electrons. The van der Waals surface area contributed by atoms with Crippen LogP contribution in [0.25, 0.3) is 0 Å². The topological polar surface area (TPSA) is 32.3 Å². The molecule has 1 aromatic carbocycles. The summed E-state index contributed by atoms with van der Waals surface area (Å²) in [5, 5.41) is 3.10. The van der Waals surface area contributed by atoms with Gasteiger partial charge in [-0.05, 0) is 49.5 Å². The lowest BCUT2D eigenvalue weighted by molar-refractivity contribution is -0.123. The van der Waals surface area contributed by atoms with Crippen LogP contribution >= 0.6 is 12.4 Å². The van der Waals surface area contributed by atoms with Gasteiger partial charge in [-0.3, -0.25) is 4.79 Å². The zero-order valence-corrected chi connectivity index (χ0v) is 15.6. The molecular formula is C19H30ClFN2O. The van der Waals surface area contributed by atoms with E-state index in [9.17, 15) is 9.18 Å². The van der Waals surface area contributed by atoms with Crippen molar-refractivity contribution in [2.75, 3.05) is 26.2 Å². The molecule has 3 nitrogen and oxygen atoms in total. The first-order valence-corrected chi connectivity index (χ1v) is 8.91. The van der Waals surface area contributed by atoms with Crippen LogP contribution in [0.3, 0.4) is 0 Å². The number of carbonyl (C=O) groups is 1. The van der Waals surface area contributed by atoms with Gasteiger partial charge in [-0.25, -0.2) is 4.39 Å². The molecule has 0 bridgehead atoms. The summed E-state index contributed by atoms with van der Waals surface area (Å²) in [6.45, 7) is 7.80. The first-order chi connectivity index (χ1) is 11.2. The van der Waals surface area contributed by atoms with Crippen LogP contribution in [-0.2, 0) is 4.79 Å². The van der Waals surface area contributed by atoms with Gasteiger partial charge in [0, 0.05) is 13.1 Å². The van der Waals surface area contributed by atoms with E-state index in [4.69, 9.17) is 0 Å². The number of carbonyl (C=O) groups excluding carboxylic acids is 1. The van der Waals surface area contributed by atoms with E-state index < -0.39 is 0 Å². The standard InChI is InChI=1S/C19H29FN2O.ClH/c1-3-22(4-2)14-13-21-19(23)18(15-7-5-6-8-15)16-9-11-17(20)12-10-16;/h9-12,15,18H,3-8,13-14H2,1-2H3,(H,21,23);1H. The molecule has 24 heavy (non-hydrogen) atoms. The van der Waals surface area contributed by atoms with Crippen LogP contribution in [0.5, 0.6) is 0 Å². The van der Waals surface area contributed by atoms with Crippen LogP contribution in [0, 0.1) is 11.7 Å². The highest BCUT2D eigenvalue weighted by atomic mass is 35.5. The van der Waals surface area contributed by atoms with Crippen LogP contribution < -0.4 is 5.32 Å². The van der Waals surface area contributed by atoms with Crippen molar-refractivity contribution in [3.8, 4) is 0 Å². The van der Waals surface area contributed by atoms with Gasteiger partial charge in [-0.2, -0.15) is 0 Å². The Morgan fingerprint density at radius 3 is 2.33 bits per heavy atom. The minimum absolute atomic E-state index is 0. The van der Waals surface area contributed by atoms with Crippen molar-refractivity contribution in [1.82, 2.24) is 10.2 Å². The van der Waals surface area contributed by atoms with Crippen molar-refractivity contribution < 1.29 is 9.18 Å². The third kappa shape index (κ3) is 5.75. The van der Waals surface area contributed by atoms with Crippen molar-refractivity contribution in [2.45, 2.75) is 45.4 Å². The van der Waals surface area contributed by atoms with Gasteiger partial charge in [-0.15, -0.1) is 12.4 Å². The Kier molecular flexibility index (Phi) is 9.30. The van der Waals surface area contributed by atoms with Gasteiger partial charge in [0.25, 0.3) is 0 Å². The summed E-state index contributed by atoms with van der Waals surface area (Å²) >= 11 is 0. The van der Waals surface area contributed by atoms with Gasteiger partial charge in [0.05, 0.1) is 5.92 Å². The van der Waals surface area contributed by atoms with Gasteiger partial charge in [0.15, 0.2) is 0 Å². The fraction of sp³-hybridized carbons (Fsp3) is 0.632. The predicted octanol–water partition coefficient (Wildman–Crippen LogP) is 3.98. The molecule has 1 unspecified atom stereocenters. The molecule has 0 aromatic heterocycles. The van der Waals surface area contributed by atoms with Gasteiger partial charge in [0.2, 0.25) is 5.91 Å². The number of benzene rings is 1. The number of halogens is 2. The van der Waals surface area contributed by atoms with E-state index in [0.29, 0.717) is 12.5 Å². The fourth-order valence-corrected chi connectivity index (χ4v) is 3.59. The summed E-state index contributed by atoms with van der Waals surface area (Å²) in [7, 11) is 0. The van der Waals surface area contributed by atoms with Crippen molar-refractivity contribution >= 4 is 18.3 Å². The summed E-state index contributed by atoms with van der Waals surface area (Å²) in [6, 6.07) is 6.45. The Labute approximate surface area is 151 Å². The zero-order valence-electron chi connectivity index (χ0n) is 14.8. The number of nitrogens with one attached hydrogen (secondary N) is 1. The highest BCUT2D eigenvalue weighted by Gasteiger charge is 2.31. The molecule has 1 amide bonds. The highest BCUT2D eigenvalue weighted by molar-refractivity contribution is 5.85. The monoisotopic (exact) mass is 356 g/mol. The highest BCUT2D eigenvalue weighted by Crippen LogP contribution is 2.37. The number of hydrogen-bond donors (Lipinski definition) is 1. The molecule has 1 fully saturated rings. The number of nitrogens with zero attached hydrogens (tertiary/aromatic N) is 1. The molecule has 1 N–H and O–H groups in total. The smallest absolute Gasteiger partial charge is 0.227 e. The number of amides is 1. The molecule has 1 aliphatic carbocycles. The minimum atomic E-state index is -0.249. The first-order valence-electron chi connectivity index (χ1n) is 8.91. The van der Waals surface area contributed by atoms with Crippen LogP contribution in [0.15, 0.2) is 24.3 Å². The Morgan fingerprint density at radius 1 is 1.21 bits per heavy atom. The van der Waals surface area contributed by atoms with Crippen molar-refractivity contribution in [2.24, 2.45) is 5.92 Å². The molecule has 0 heterocycles. The summed E-state index contributed by atoms with van der Waals surface area (Å²) in [4.78, 5) is 15.0. The van der Waals surface area contributed by atoms with Crippen molar-refractivity contribution in [3.05, 3.63) is 35.6 Å². The average Bonchev–Trinajstić information content (AvgIpc) is 3.08. The van der Waals surface area contributed by atoms with Crippen LogP contribution in [0.1, 0.15) is 51.0 Å². The second-order valence-corrected chi connectivity index (χ2v) is 6.39. The molecule has 5 heteroatoms. The number of hydrogen-bond acceptors (Lipinski definition) is 2. The van der Waals surface area contributed by atoms with Gasteiger partial charge >= 0.3 is 0 Å². The fourth-order valence-electron chi connectivity index (χ4n) is 3.59. The molecule has 0 radical (unpaired) electrons. The largest absolute Gasteiger partial charge is 0.354 e. The maximum absolute atomic E-state index is 13.2. The second kappa shape index (κ2) is 10.7. The van der Waals surface area contributed by atoms with Crippen molar-refractivity contribution in [3.63, 3.8) is 0 Å². The quantitative estimate of drug-likeness (QED) is 0.764. The van der Waals surface area contributed by atoms with E-state index in [1.54, 1.807) is 12.1 Å². The van der Waals surface area contributed by atoms with E-state index in [2.05, 4.69) is 24.1 Å². The van der Waals surface area contributed by atoms with Gasteiger partial charge in [-0.1, -0.05) is 38.8 Å². The summed E-state index contributed by atoms with van der Waals surface area (Å²) in [5.41, 5.74) is 0.943. The van der Waals surface area contributed by atoms with E-state index in [1.807, 2.05) is 0 Å². The molecule has 1 atom stereocenters. The van der Waals surface area contributed by atoms with Crippen LogP contribution in [-0.4, -0.2) is 37.0 Å². The Hall–Kier alpha value is -1.13. The molecule has 2 rings (SSSR count). The minimum Gasteiger partial charge on any atom is -0.354 e. The molecular weight excluding hydrogens is 327 g/mol. The molecule has 0 saturated heterocycles. The summed E-state index contributed by atoms with van der Waals surface area (Å²) in [6.07, 6.45) is 4.56. The van der Waals surface area contributed by atoms with Gasteiger partial charge < -0.3 is 10.2 Å². The van der Waals surface area contributed by atoms with Gasteiger partial charge in [0.1, 0.15) is 5.82 Å². The molecule has 0 spiro atoms. The van der Waals surface area contributed by atoms with E-state index in [0.717, 1.165) is 38.0 Å². The zero-order chi connectivity index (χ0) is 16.7. The third-order valence-electron chi connectivity index (χ3n) is 5.00. The maximum Gasteiger partial charge on any atom is 0.227 e. The third-order valence-corrected chi connectivity index (χ3v) is 5.00. The molecule has 1 aromatic rings. The molecule has 0 aliphatic heterocycles. The molecule has 1 aliphatic rings. The van der Waals surface area contributed by atoms with Crippen molar-refractivity contribution in [1.29, 1.82) is 0 Å². The van der Waals surface area contributed by atoms with Crippen LogP contribution in [0.2, 0.25) is 0 Å². The lowest BCUT2D eigenvalue weighted by atomic mass is 9.84. The predicted molar refractivity (Wildman–Crippen MR) is 99.1 cm³/mol.